The monoisotopic (exact) mass is 280 g/mol. The predicted molar refractivity (Wildman–Crippen MR) is 80.2 cm³/mol. The van der Waals surface area contributed by atoms with Crippen LogP contribution in [0.2, 0.25) is 0 Å². The summed E-state index contributed by atoms with van der Waals surface area (Å²) >= 11 is 0. The van der Waals surface area contributed by atoms with E-state index >= 15 is 0 Å². The van der Waals surface area contributed by atoms with Gasteiger partial charge in [0, 0.05) is 20.1 Å². The zero-order valence-electron chi connectivity index (χ0n) is 12.9. The Hall–Kier alpha value is -1.12. The fourth-order valence-corrected chi connectivity index (χ4v) is 2.63. The molecule has 5 heteroatoms. The largest absolute Gasteiger partial charge is 0.344 e. The Kier molecular flexibility index (Phi) is 8.24. The number of hydrogen-bond donors (Lipinski definition) is 1. The maximum Gasteiger partial charge on any atom is 0.236 e. The fraction of sp³-hybridized carbons (Fsp3) is 0.867. The molecule has 1 amide bonds. The van der Waals surface area contributed by atoms with Crippen molar-refractivity contribution in [2.75, 3.05) is 46.3 Å². The second kappa shape index (κ2) is 9.73. The lowest BCUT2D eigenvalue weighted by molar-refractivity contribution is -0.131. The SMILES string of the molecule is CCCN(CC(=O)N(C)CCC#N)CC1CCNCC1. The first-order valence-corrected chi connectivity index (χ1v) is 7.71. The maximum atomic E-state index is 12.1. The summed E-state index contributed by atoms with van der Waals surface area (Å²) in [7, 11) is 1.79. The van der Waals surface area contributed by atoms with Gasteiger partial charge in [-0.05, 0) is 44.8 Å². The van der Waals surface area contributed by atoms with E-state index in [1.54, 1.807) is 11.9 Å². The molecule has 0 unspecified atom stereocenters. The summed E-state index contributed by atoms with van der Waals surface area (Å²) in [5, 5.41) is 12.0. The van der Waals surface area contributed by atoms with Crippen molar-refractivity contribution in [2.45, 2.75) is 32.6 Å². The first-order chi connectivity index (χ1) is 9.67. The number of nitriles is 1. The average molecular weight is 280 g/mol. The van der Waals surface area contributed by atoms with E-state index < -0.39 is 0 Å². The Balaban J connectivity index is 2.40. The number of nitrogens with one attached hydrogen (secondary N) is 1. The van der Waals surface area contributed by atoms with E-state index in [1.165, 1.54) is 12.8 Å². The fourth-order valence-electron chi connectivity index (χ4n) is 2.63. The minimum atomic E-state index is 0.127. The minimum absolute atomic E-state index is 0.127. The lowest BCUT2D eigenvalue weighted by Gasteiger charge is -2.30. The van der Waals surface area contributed by atoms with E-state index in [0.29, 0.717) is 25.4 Å². The second-order valence-electron chi connectivity index (χ2n) is 5.65. The second-order valence-corrected chi connectivity index (χ2v) is 5.65. The molecule has 114 valence electrons. The summed E-state index contributed by atoms with van der Waals surface area (Å²) < 4.78 is 0. The third-order valence-electron chi connectivity index (χ3n) is 3.86. The number of carbonyl (C=O) groups excluding carboxylic acids is 1. The Morgan fingerprint density at radius 2 is 2.05 bits per heavy atom. The van der Waals surface area contributed by atoms with E-state index in [-0.39, 0.29) is 5.91 Å². The number of amides is 1. The zero-order valence-corrected chi connectivity index (χ0v) is 12.9. The Morgan fingerprint density at radius 3 is 2.65 bits per heavy atom. The predicted octanol–water partition coefficient (Wildman–Crippen LogP) is 1.07. The van der Waals surface area contributed by atoms with Gasteiger partial charge >= 0.3 is 0 Å². The van der Waals surface area contributed by atoms with E-state index in [4.69, 9.17) is 5.26 Å². The van der Waals surface area contributed by atoms with Crippen LogP contribution in [0.5, 0.6) is 0 Å². The summed E-state index contributed by atoms with van der Waals surface area (Å²) in [5.74, 6) is 0.836. The molecular weight excluding hydrogens is 252 g/mol. The molecule has 0 atom stereocenters. The first-order valence-electron chi connectivity index (χ1n) is 7.71. The van der Waals surface area contributed by atoms with Crippen LogP contribution in [0.15, 0.2) is 0 Å². The van der Waals surface area contributed by atoms with Gasteiger partial charge in [0.1, 0.15) is 0 Å². The van der Waals surface area contributed by atoms with Gasteiger partial charge in [-0.3, -0.25) is 9.69 Å². The van der Waals surface area contributed by atoms with Gasteiger partial charge in [0.2, 0.25) is 5.91 Å². The van der Waals surface area contributed by atoms with Crippen molar-refractivity contribution < 1.29 is 4.79 Å². The van der Waals surface area contributed by atoms with Gasteiger partial charge in [0.25, 0.3) is 0 Å². The van der Waals surface area contributed by atoms with Crippen molar-refractivity contribution in [3.8, 4) is 6.07 Å². The Morgan fingerprint density at radius 1 is 1.35 bits per heavy atom. The molecule has 0 aromatic rings. The number of hydrogen-bond acceptors (Lipinski definition) is 4. The van der Waals surface area contributed by atoms with E-state index in [0.717, 1.165) is 32.6 Å². The number of nitrogens with zero attached hydrogens (tertiary/aromatic N) is 3. The van der Waals surface area contributed by atoms with Gasteiger partial charge in [-0.15, -0.1) is 0 Å². The average Bonchev–Trinajstić information content (AvgIpc) is 2.46. The van der Waals surface area contributed by atoms with E-state index in [2.05, 4.69) is 23.2 Å². The zero-order chi connectivity index (χ0) is 14.8. The molecule has 1 aliphatic heterocycles. The van der Waals surface area contributed by atoms with Crippen LogP contribution in [0.25, 0.3) is 0 Å². The standard InChI is InChI=1S/C15H28N4O/c1-3-10-19(12-14-5-8-17-9-6-14)13-15(20)18(2)11-4-7-16/h14,17H,3-6,8-13H2,1-2H3. The molecule has 1 aliphatic rings. The molecule has 1 heterocycles. The van der Waals surface area contributed by atoms with Crippen LogP contribution in [0.1, 0.15) is 32.6 Å². The van der Waals surface area contributed by atoms with Crippen molar-refractivity contribution in [1.82, 2.24) is 15.1 Å². The van der Waals surface area contributed by atoms with Crippen molar-refractivity contribution in [3.05, 3.63) is 0 Å². The van der Waals surface area contributed by atoms with Crippen LogP contribution in [0.3, 0.4) is 0 Å². The number of rotatable bonds is 8. The molecule has 0 spiro atoms. The summed E-state index contributed by atoms with van der Waals surface area (Å²) in [6.07, 6.45) is 3.89. The lowest BCUT2D eigenvalue weighted by Crippen LogP contribution is -2.42. The molecule has 5 nitrogen and oxygen atoms in total. The van der Waals surface area contributed by atoms with Gasteiger partial charge in [0.15, 0.2) is 0 Å². The Bertz CT molecular complexity index is 320. The molecular formula is C15H28N4O. The first kappa shape index (κ1) is 16.9. The number of likely N-dealkylation sites (N-methyl/N-ethyl adjacent to an activating group) is 1. The molecule has 0 radical (unpaired) electrons. The third-order valence-corrected chi connectivity index (χ3v) is 3.86. The van der Waals surface area contributed by atoms with Crippen molar-refractivity contribution >= 4 is 5.91 Å². The minimum Gasteiger partial charge on any atom is -0.344 e. The highest BCUT2D eigenvalue weighted by molar-refractivity contribution is 5.78. The molecule has 1 rings (SSSR count). The molecule has 0 bridgehead atoms. The van der Waals surface area contributed by atoms with Crippen LogP contribution >= 0.6 is 0 Å². The van der Waals surface area contributed by atoms with Crippen LogP contribution in [0, 0.1) is 17.2 Å². The van der Waals surface area contributed by atoms with E-state index in [9.17, 15) is 4.79 Å². The summed E-state index contributed by atoms with van der Waals surface area (Å²) in [4.78, 5) is 16.1. The molecule has 20 heavy (non-hydrogen) atoms. The topological polar surface area (TPSA) is 59.4 Å². The molecule has 0 aromatic carbocycles. The van der Waals surface area contributed by atoms with Gasteiger partial charge in [-0.1, -0.05) is 6.92 Å². The highest BCUT2D eigenvalue weighted by atomic mass is 16.2. The molecule has 0 aliphatic carbocycles. The van der Waals surface area contributed by atoms with Crippen LogP contribution < -0.4 is 5.32 Å². The molecule has 1 saturated heterocycles. The molecule has 0 saturated carbocycles. The lowest BCUT2D eigenvalue weighted by atomic mass is 9.97. The van der Waals surface area contributed by atoms with Crippen molar-refractivity contribution in [3.63, 3.8) is 0 Å². The maximum absolute atomic E-state index is 12.1. The summed E-state index contributed by atoms with van der Waals surface area (Å²) in [6, 6.07) is 2.08. The highest BCUT2D eigenvalue weighted by Crippen LogP contribution is 2.13. The molecule has 1 N–H and O–H groups in total. The smallest absolute Gasteiger partial charge is 0.236 e. The Labute approximate surface area is 122 Å². The normalized spacial score (nSPS) is 16.1. The quantitative estimate of drug-likeness (QED) is 0.722. The highest BCUT2D eigenvalue weighted by Gasteiger charge is 2.19. The number of carbonyl (C=O) groups is 1. The van der Waals surface area contributed by atoms with Gasteiger partial charge in [0.05, 0.1) is 19.0 Å². The van der Waals surface area contributed by atoms with E-state index in [1.807, 2.05) is 0 Å². The van der Waals surface area contributed by atoms with Crippen LogP contribution in [0.4, 0.5) is 0 Å². The number of piperidine rings is 1. The summed E-state index contributed by atoms with van der Waals surface area (Å²) in [5.41, 5.74) is 0. The van der Waals surface area contributed by atoms with Gasteiger partial charge < -0.3 is 10.2 Å². The summed E-state index contributed by atoms with van der Waals surface area (Å²) in [6.45, 7) is 7.36. The van der Waals surface area contributed by atoms with Crippen LogP contribution in [-0.2, 0) is 4.79 Å². The van der Waals surface area contributed by atoms with Crippen molar-refractivity contribution in [2.24, 2.45) is 5.92 Å². The molecule has 1 fully saturated rings. The third kappa shape index (κ3) is 6.36. The van der Waals surface area contributed by atoms with Gasteiger partial charge in [-0.25, -0.2) is 0 Å². The molecule has 0 aromatic heterocycles. The van der Waals surface area contributed by atoms with Crippen molar-refractivity contribution in [1.29, 1.82) is 5.26 Å². The van der Waals surface area contributed by atoms with Gasteiger partial charge in [-0.2, -0.15) is 5.26 Å². The van der Waals surface area contributed by atoms with Crippen LogP contribution in [-0.4, -0.2) is 62.0 Å².